The lowest BCUT2D eigenvalue weighted by Gasteiger charge is -2.24. The Morgan fingerprint density at radius 2 is 2.03 bits per heavy atom. The number of benzene rings is 2. The number of hydrogen-bond donors (Lipinski definition) is 2. The molecule has 2 aromatic rings. The highest BCUT2D eigenvalue weighted by Gasteiger charge is 2.27. The van der Waals surface area contributed by atoms with Gasteiger partial charge in [0.1, 0.15) is 11.5 Å². The summed E-state index contributed by atoms with van der Waals surface area (Å²) in [5.41, 5.74) is 2.87. The minimum Gasteiger partial charge on any atom is -0.479 e. The number of carbonyl (C=O) groups excluding carboxylic acids is 3. The van der Waals surface area contributed by atoms with Crippen LogP contribution in [0.5, 0.6) is 5.75 Å². The number of carbonyl (C=O) groups is 3. The van der Waals surface area contributed by atoms with E-state index >= 15 is 0 Å². The fourth-order valence-corrected chi connectivity index (χ4v) is 3.17. The number of amides is 3. The van der Waals surface area contributed by atoms with E-state index in [-0.39, 0.29) is 30.4 Å². The average molecular weight is 392 g/mol. The molecule has 0 saturated heterocycles. The molecule has 8 nitrogen and oxygen atoms in total. The van der Waals surface area contributed by atoms with Crippen LogP contribution in [0.2, 0.25) is 0 Å². The van der Waals surface area contributed by atoms with Crippen LogP contribution in [-0.2, 0) is 14.4 Å². The maximum atomic E-state index is 12.7. The number of hydrogen-bond acceptors (Lipinski definition) is 5. The first-order chi connectivity index (χ1) is 13.9. The van der Waals surface area contributed by atoms with Gasteiger partial charge in [-0.05, 0) is 49.7 Å². The molecule has 0 aliphatic carbocycles. The summed E-state index contributed by atoms with van der Waals surface area (Å²) in [7, 11) is 0. The lowest BCUT2D eigenvalue weighted by Crippen LogP contribution is -2.36. The van der Waals surface area contributed by atoms with Gasteiger partial charge in [0, 0.05) is 18.5 Å². The fourth-order valence-electron chi connectivity index (χ4n) is 3.17. The lowest BCUT2D eigenvalue weighted by molar-refractivity contribution is -0.122. The van der Waals surface area contributed by atoms with Crippen LogP contribution in [-0.4, -0.2) is 29.5 Å². The largest absolute Gasteiger partial charge is 0.479 e. The third-order valence-electron chi connectivity index (χ3n) is 4.71. The van der Waals surface area contributed by atoms with E-state index in [0.717, 1.165) is 5.56 Å². The van der Waals surface area contributed by atoms with Crippen molar-refractivity contribution in [3.8, 4) is 5.75 Å². The highest BCUT2D eigenvalue weighted by atomic mass is 16.5. The van der Waals surface area contributed by atoms with E-state index in [1.807, 2.05) is 25.1 Å². The van der Waals surface area contributed by atoms with E-state index < -0.39 is 12.0 Å². The summed E-state index contributed by atoms with van der Waals surface area (Å²) in [6.07, 6.45) is -0.105. The van der Waals surface area contributed by atoms with Crippen molar-refractivity contribution >= 4 is 40.5 Å². The van der Waals surface area contributed by atoms with E-state index in [1.54, 1.807) is 31.2 Å². The molecule has 3 amide bonds. The number of aryl methyl sites for hydroxylation is 1. The third kappa shape index (κ3) is 3.82. The van der Waals surface area contributed by atoms with Crippen LogP contribution in [0.25, 0.3) is 0 Å². The summed E-state index contributed by atoms with van der Waals surface area (Å²) in [6, 6.07) is 12.4. The minimum atomic E-state index is -0.565. The number of ether oxygens (including phenoxy) is 1. The van der Waals surface area contributed by atoms with Gasteiger partial charge < -0.3 is 15.4 Å². The van der Waals surface area contributed by atoms with Gasteiger partial charge in [0.15, 0.2) is 6.10 Å². The summed E-state index contributed by atoms with van der Waals surface area (Å²) in [5, 5.41) is 11.1. The Hall–Kier alpha value is -3.68. The fraction of sp³-hybridized carbons (Fsp3) is 0.238. The quantitative estimate of drug-likeness (QED) is 0.839. The zero-order valence-electron chi connectivity index (χ0n) is 16.1. The summed E-state index contributed by atoms with van der Waals surface area (Å²) in [5.74, 6) is -0.257. The van der Waals surface area contributed by atoms with Gasteiger partial charge in [0.25, 0.3) is 11.8 Å². The SMILES string of the molecule is Cc1cccc(N2N=C(C(=O)Nc3ccc4c(c3)NC(=O)[C@H](C)O4)CCC2=O)c1. The van der Waals surface area contributed by atoms with Gasteiger partial charge in [-0.2, -0.15) is 5.10 Å². The molecule has 0 unspecified atom stereocenters. The topological polar surface area (TPSA) is 100 Å². The van der Waals surface area contributed by atoms with Gasteiger partial charge in [-0.1, -0.05) is 12.1 Å². The maximum Gasteiger partial charge on any atom is 0.271 e. The number of hydrazone groups is 1. The molecule has 0 spiro atoms. The Balaban J connectivity index is 1.54. The third-order valence-corrected chi connectivity index (χ3v) is 4.71. The molecule has 0 fully saturated rings. The highest BCUT2D eigenvalue weighted by Crippen LogP contribution is 2.32. The zero-order chi connectivity index (χ0) is 20.5. The maximum absolute atomic E-state index is 12.7. The van der Waals surface area contributed by atoms with Crippen LogP contribution in [0.1, 0.15) is 25.3 Å². The van der Waals surface area contributed by atoms with Crippen LogP contribution in [0, 0.1) is 6.92 Å². The minimum absolute atomic E-state index is 0.157. The van der Waals surface area contributed by atoms with Crippen LogP contribution >= 0.6 is 0 Å². The second kappa shape index (κ2) is 7.38. The van der Waals surface area contributed by atoms with Gasteiger partial charge in [-0.15, -0.1) is 0 Å². The molecule has 2 aromatic carbocycles. The van der Waals surface area contributed by atoms with Crippen molar-refractivity contribution in [1.82, 2.24) is 0 Å². The Bertz CT molecular complexity index is 1050. The Kier molecular flexibility index (Phi) is 4.75. The molecular formula is C21H20N4O4. The van der Waals surface area contributed by atoms with Crippen LogP contribution in [0.15, 0.2) is 47.6 Å². The highest BCUT2D eigenvalue weighted by molar-refractivity contribution is 6.44. The van der Waals surface area contributed by atoms with E-state index in [1.165, 1.54) is 5.01 Å². The molecule has 8 heteroatoms. The van der Waals surface area contributed by atoms with Crippen LogP contribution in [0.3, 0.4) is 0 Å². The predicted molar refractivity (Wildman–Crippen MR) is 109 cm³/mol. The van der Waals surface area contributed by atoms with E-state index in [4.69, 9.17) is 4.74 Å². The standard InChI is InChI=1S/C21H20N4O4/c1-12-4-3-5-15(10-12)25-19(26)9-7-16(24-25)21(28)22-14-6-8-18-17(11-14)23-20(27)13(2)29-18/h3-6,8,10-11,13H,7,9H2,1-2H3,(H,22,28)(H,23,27)/t13-/m0/s1. The molecule has 1 atom stereocenters. The van der Waals surface area contributed by atoms with Crippen molar-refractivity contribution in [2.45, 2.75) is 32.8 Å². The van der Waals surface area contributed by atoms with Gasteiger partial charge >= 0.3 is 0 Å². The monoisotopic (exact) mass is 392 g/mol. The van der Waals surface area contributed by atoms with E-state index in [0.29, 0.717) is 22.8 Å². The smallest absolute Gasteiger partial charge is 0.271 e. The Morgan fingerprint density at radius 1 is 1.21 bits per heavy atom. The molecule has 2 aliphatic heterocycles. The molecule has 0 aromatic heterocycles. The predicted octanol–water partition coefficient (Wildman–Crippen LogP) is 2.84. The molecule has 2 heterocycles. The first-order valence-corrected chi connectivity index (χ1v) is 9.31. The first-order valence-electron chi connectivity index (χ1n) is 9.31. The number of anilines is 3. The number of nitrogens with zero attached hydrogens (tertiary/aromatic N) is 2. The number of fused-ring (bicyclic) bond motifs is 1. The van der Waals surface area contributed by atoms with Crippen molar-refractivity contribution in [2.75, 3.05) is 15.6 Å². The molecule has 0 saturated carbocycles. The van der Waals surface area contributed by atoms with Gasteiger partial charge in [0.2, 0.25) is 5.91 Å². The normalized spacial score (nSPS) is 18.3. The van der Waals surface area contributed by atoms with Crippen LogP contribution < -0.4 is 20.4 Å². The van der Waals surface area contributed by atoms with E-state index in [9.17, 15) is 14.4 Å². The van der Waals surface area contributed by atoms with Crippen molar-refractivity contribution < 1.29 is 19.1 Å². The van der Waals surface area contributed by atoms with Crippen molar-refractivity contribution in [3.63, 3.8) is 0 Å². The molecule has 0 radical (unpaired) electrons. The summed E-state index contributed by atoms with van der Waals surface area (Å²) in [6.45, 7) is 3.59. The first kappa shape index (κ1) is 18.7. The van der Waals surface area contributed by atoms with Crippen LogP contribution in [0.4, 0.5) is 17.1 Å². The van der Waals surface area contributed by atoms with Gasteiger partial charge in [0.05, 0.1) is 11.4 Å². The zero-order valence-corrected chi connectivity index (χ0v) is 16.1. The number of rotatable bonds is 3. The molecule has 0 bridgehead atoms. The second-order valence-electron chi connectivity index (χ2n) is 7.01. The molecule has 148 valence electrons. The molecule has 4 rings (SSSR count). The molecule has 2 aliphatic rings. The molecular weight excluding hydrogens is 372 g/mol. The Labute approximate surface area is 167 Å². The number of nitrogens with one attached hydrogen (secondary N) is 2. The van der Waals surface area contributed by atoms with Crippen molar-refractivity contribution in [2.24, 2.45) is 5.10 Å². The van der Waals surface area contributed by atoms with Crippen molar-refractivity contribution in [1.29, 1.82) is 0 Å². The molecule has 29 heavy (non-hydrogen) atoms. The Morgan fingerprint density at radius 3 is 2.83 bits per heavy atom. The summed E-state index contributed by atoms with van der Waals surface area (Å²) >= 11 is 0. The molecule has 2 N–H and O–H groups in total. The summed E-state index contributed by atoms with van der Waals surface area (Å²) < 4.78 is 5.51. The van der Waals surface area contributed by atoms with Gasteiger partial charge in [-0.25, -0.2) is 5.01 Å². The van der Waals surface area contributed by atoms with Crippen molar-refractivity contribution in [3.05, 3.63) is 48.0 Å². The van der Waals surface area contributed by atoms with Gasteiger partial charge in [-0.3, -0.25) is 14.4 Å². The van der Waals surface area contributed by atoms with E-state index in [2.05, 4.69) is 15.7 Å². The lowest BCUT2D eigenvalue weighted by atomic mass is 10.1. The second-order valence-corrected chi connectivity index (χ2v) is 7.01. The summed E-state index contributed by atoms with van der Waals surface area (Å²) in [4.78, 5) is 36.8. The average Bonchev–Trinajstić information content (AvgIpc) is 2.69.